The average Bonchev–Trinajstić information content (AvgIpc) is 2.28. The van der Waals surface area contributed by atoms with Crippen molar-refractivity contribution >= 4 is 17.5 Å². The number of piperidine rings is 1. The summed E-state index contributed by atoms with van der Waals surface area (Å²) in [5.74, 6) is 0.0779. The lowest BCUT2D eigenvalue weighted by Crippen LogP contribution is -2.44. The van der Waals surface area contributed by atoms with Gasteiger partial charge in [0.25, 0.3) is 0 Å². The first-order valence-electron chi connectivity index (χ1n) is 5.73. The number of amides is 1. The Bertz CT molecular complexity index is 203. The van der Waals surface area contributed by atoms with Crippen LogP contribution in [0.1, 0.15) is 33.1 Å². The maximum Gasteiger partial charge on any atom is 0.240 e. The van der Waals surface area contributed by atoms with Gasteiger partial charge in [0.1, 0.15) is 5.38 Å². The summed E-state index contributed by atoms with van der Waals surface area (Å²) in [5, 5.41) is -0.353. The van der Waals surface area contributed by atoms with Crippen LogP contribution in [0.3, 0.4) is 0 Å². The van der Waals surface area contributed by atoms with Crippen LogP contribution in [0.2, 0.25) is 0 Å². The Morgan fingerprint density at radius 2 is 2.07 bits per heavy atom. The Balaban J connectivity index is 2.33. The molecule has 0 aromatic rings. The van der Waals surface area contributed by atoms with E-state index in [-0.39, 0.29) is 11.3 Å². The number of halogens is 1. The van der Waals surface area contributed by atoms with Crippen LogP contribution in [-0.2, 0) is 9.53 Å². The smallest absolute Gasteiger partial charge is 0.240 e. The molecule has 0 saturated carbocycles. The topological polar surface area (TPSA) is 29.5 Å². The first-order valence-corrected chi connectivity index (χ1v) is 6.17. The van der Waals surface area contributed by atoms with E-state index in [1.165, 1.54) is 0 Å². The van der Waals surface area contributed by atoms with Crippen LogP contribution in [0.4, 0.5) is 0 Å². The van der Waals surface area contributed by atoms with E-state index in [9.17, 15) is 4.79 Å². The minimum atomic E-state index is -0.353. The molecule has 1 rings (SSSR count). The van der Waals surface area contributed by atoms with Crippen LogP contribution in [0, 0.1) is 0 Å². The summed E-state index contributed by atoms with van der Waals surface area (Å²) in [7, 11) is 0. The second kappa shape index (κ2) is 6.33. The largest absolute Gasteiger partial charge is 0.378 e. The van der Waals surface area contributed by atoms with Gasteiger partial charge in [0.15, 0.2) is 0 Å². The number of nitrogens with zero attached hydrogens (tertiary/aromatic N) is 1. The molecule has 0 bridgehead atoms. The molecule has 4 heteroatoms. The number of rotatable bonds is 4. The molecule has 0 aliphatic carbocycles. The minimum Gasteiger partial charge on any atom is -0.378 e. The molecule has 1 saturated heterocycles. The first kappa shape index (κ1) is 12.8. The predicted octanol–water partition coefficient (Wildman–Crippen LogP) is 2.03. The molecule has 0 radical (unpaired) electrons. The van der Waals surface area contributed by atoms with Crippen LogP contribution in [0.25, 0.3) is 0 Å². The lowest BCUT2D eigenvalue weighted by molar-refractivity contribution is -0.133. The van der Waals surface area contributed by atoms with Crippen molar-refractivity contribution in [1.29, 1.82) is 0 Å². The monoisotopic (exact) mass is 233 g/mol. The van der Waals surface area contributed by atoms with E-state index in [1.54, 1.807) is 0 Å². The predicted molar refractivity (Wildman–Crippen MR) is 61.2 cm³/mol. The molecule has 1 aliphatic heterocycles. The van der Waals surface area contributed by atoms with Gasteiger partial charge in [-0.25, -0.2) is 0 Å². The molecule has 1 aliphatic rings. The van der Waals surface area contributed by atoms with Crippen molar-refractivity contribution in [2.75, 3.05) is 19.7 Å². The summed E-state index contributed by atoms with van der Waals surface area (Å²) < 4.78 is 5.53. The van der Waals surface area contributed by atoms with E-state index in [0.29, 0.717) is 12.5 Å². The molecule has 1 heterocycles. The number of alkyl halides is 1. The van der Waals surface area contributed by atoms with Gasteiger partial charge in [-0.1, -0.05) is 6.92 Å². The van der Waals surface area contributed by atoms with Crippen molar-refractivity contribution in [3.05, 3.63) is 0 Å². The van der Waals surface area contributed by atoms with Gasteiger partial charge < -0.3 is 9.64 Å². The van der Waals surface area contributed by atoms with Crippen LogP contribution >= 0.6 is 11.6 Å². The molecule has 1 atom stereocenters. The highest BCUT2D eigenvalue weighted by Gasteiger charge is 2.26. The van der Waals surface area contributed by atoms with Gasteiger partial charge in [-0.2, -0.15) is 0 Å². The number of hydrogen-bond donors (Lipinski definition) is 0. The second-order valence-electron chi connectivity index (χ2n) is 3.86. The van der Waals surface area contributed by atoms with E-state index in [1.807, 2.05) is 18.7 Å². The number of hydrogen-bond acceptors (Lipinski definition) is 2. The Morgan fingerprint density at radius 3 is 2.53 bits per heavy atom. The van der Waals surface area contributed by atoms with Crippen molar-refractivity contribution in [3.8, 4) is 0 Å². The Hall–Kier alpha value is -0.280. The number of carbonyl (C=O) groups is 1. The van der Waals surface area contributed by atoms with Crippen molar-refractivity contribution in [1.82, 2.24) is 4.90 Å². The zero-order valence-corrected chi connectivity index (χ0v) is 10.3. The Labute approximate surface area is 96.7 Å². The van der Waals surface area contributed by atoms with Gasteiger partial charge in [0.05, 0.1) is 6.10 Å². The standard InChI is InChI=1S/C11H20ClNO2/c1-3-10(12)11(14)13-7-5-9(6-8-13)15-4-2/h9-10H,3-8H2,1-2H3/t10-/m0/s1. The fraction of sp³-hybridized carbons (Fsp3) is 0.909. The van der Waals surface area contributed by atoms with Gasteiger partial charge in [0, 0.05) is 19.7 Å². The van der Waals surface area contributed by atoms with Crippen molar-refractivity contribution in [2.45, 2.75) is 44.6 Å². The van der Waals surface area contributed by atoms with E-state index < -0.39 is 0 Å². The molecular formula is C11H20ClNO2. The van der Waals surface area contributed by atoms with Gasteiger partial charge in [-0.3, -0.25) is 4.79 Å². The molecule has 88 valence electrons. The van der Waals surface area contributed by atoms with Gasteiger partial charge in [-0.05, 0) is 26.2 Å². The molecule has 0 spiro atoms. The zero-order chi connectivity index (χ0) is 11.3. The lowest BCUT2D eigenvalue weighted by Gasteiger charge is -2.32. The van der Waals surface area contributed by atoms with Crippen molar-refractivity contribution < 1.29 is 9.53 Å². The van der Waals surface area contributed by atoms with E-state index in [4.69, 9.17) is 16.3 Å². The summed E-state index contributed by atoms with van der Waals surface area (Å²) in [4.78, 5) is 13.6. The molecule has 0 aromatic heterocycles. The van der Waals surface area contributed by atoms with Gasteiger partial charge in [-0.15, -0.1) is 11.6 Å². The number of ether oxygens (including phenoxy) is 1. The Kier molecular flexibility index (Phi) is 5.40. The summed E-state index contributed by atoms with van der Waals surface area (Å²) in [6.45, 7) is 6.26. The molecular weight excluding hydrogens is 214 g/mol. The molecule has 1 fully saturated rings. The van der Waals surface area contributed by atoms with Crippen LogP contribution < -0.4 is 0 Å². The van der Waals surface area contributed by atoms with Crippen LogP contribution in [0.5, 0.6) is 0 Å². The molecule has 3 nitrogen and oxygen atoms in total. The molecule has 1 amide bonds. The molecule has 0 N–H and O–H groups in total. The molecule has 0 aromatic carbocycles. The Morgan fingerprint density at radius 1 is 1.47 bits per heavy atom. The van der Waals surface area contributed by atoms with Crippen molar-refractivity contribution in [3.63, 3.8) is 0 Å². The summed E-state index contributed by atoms with van der Waals surface area (Å²) in [6.07, 6.45) is 2.90. The van der Waals surface area contributed by atoms with Gasteiger partial charge in [0.2, 0.25) is 5.91 Å². The average molecular weight is 234 g/mol. The molecule has 0 unspecified atom stereocenters. The van der Waals surface area contributed by atoms with Crippen LogP contribution in [-0.4, -0.2) is 42.0 Å². The summed E-state index contributed by atoms with van der Waals surface area (Å²) in [5.41, 5.74) is 0. The second-order valence-corrected chi connectivity index (χ2v) is 4.38. The highest BCUT2D eigenvalue weighted by atomic mass is 35.5. The summed E-state index contributed by atoms with van der Waals surface area (Å²) in [6, 6.07) is 0. The third-order valence-electron chi connectivity index (χ3n) is 2.78. The SMILES string of the molecule is CCOC1CCN(C(=O)[C@@H](Cl)CC)CC1. The number of carbonyl (C=O) groups excluding carboxylic acids is 1. The van der Waals surface area contributed by atoms with Crippen molar-refractivity contribution in [2.24, 2.45) is 0 Å². The van der Waals surface area contributed by atoms with E-state index >= 15 is 0 Å². The maximum absolute atomic E-state index is 11.7. The van der Waals surface area contributed by atoms with Gasteiger partial charge >= 0.3 is 0 Å². The zero-order valence-electron chi connectivity index (χ0n) is 9.54. The fourth-order valence-electron chi connectivity index (χ4n) is 1.85. The normalized spacial score (nSPS) is 20.3. The van der Waals surface area contributed by atoms with E-state index in [2.05, 4.69) is 0 Å². The first-order chi connectivity index (χ1) is 7.19. The summed E-state index contributed by atoms with van der Waals surface area (Å²) >= 11 is 5.92. The lowest BCUT2D eigenvalue weighted by atomic mass is 10.1. The van der Waals surface area contributed by atoms with Crippen LogP contribution in [0.15, 0.2) is 0 Å². The maximum atomic E-state index is 11.7. The third-order valence-corrected chi connectivity index (χ3v) is 3.28. The highest BCUT2D eigenvalue weighted by Crippen LogP contribution is 2.16. The minimum absolute atomic E-state index is 0.0779. The quantitative estimate of drug-likeness (QED) is 0.696. The molecule has 15 heavy (non-hydrogen) atoms. The highest BCUT2D eigenvalue weighted by molar-refractivity contribution is 6.30. The number of likely N-dealkylation sites (tertiary alicyclic amines) is 1. The fourth-order valence-corrected chi connectivity index (χ4v) is 1.99. The third kappa shape index (κ3) is 3.65. The van der Waals surface area contributed by atoms with E-state index in [0.717, 1.165) is 32.5 Å².